The lowest BCUT2D eigenvalue weighted by atomic mass is 10.2. The number of nitrogens with zero attached hydrogens (tertiary/aromatic N) is 2. The molecule has 1 aromatic carbocycles. The zero-order chi connectivity index (χ0) is 17.6. The Morgan fingerprint density at radius 1 is 1.16 bits per heavy atom. The van der Waals surface area contributed by atoms with Gasteiger partial charge in [-0.05, 0) is 50.2 Å². The van der Waals surface area contributed by atoms with Crippen LogP contribution in [-0.4, -0.2) is 43.3 Å². The second kappa shape index (κ2) is 7.98. The monoisotopic (exact) mass is 341 g/mol. The molecule has 0 saturated carbocycles. The van der Waals surface area contributed by atoms with E-state index in [9.17, 15) is 4.79 Å². The average molecular weight is 341 g/mol. The zero-order valence-corrected chi connectivity index (χ0v) is 14.6. The minimum Gasteiger partial charge on any atom is -0.491 e. The molecule has 2 heterocycles. The fourth-order valence-corrected chi connectivity index (χ4v) is 2.60. The standard InChI is InChI=1S/C19H23N3O3/c1-14(2)25-17-6-3-15(4-7-17)19(23)21-16-5-8-18(20-13-16)22-9-11-24-12-10-22/h3-8,13-14H,9-12H2,1-2H3,(H,21,23). The van der Waals surface area contributed by atoms with E-state index in [4.69, 9.17) is 9.47 Å². The van der Waals surface area contributed by atoms with Crippen molar-refractivity contribution in [2.24, 2.45) is 0 Å². The Morgan fingerprint density at radius 2 is 1.88 bits per heavy atom. The third-order valence-corrected chi connectivity index (χ3v) is 3.83. The maximum Gasteiger partial charge on any atom is 0.255 e. The summed E-state index contributed by atoms with van der Waals surface area (Å²) in [6.45, 7) is 7.04. The van der Waals surface area contributed by atoms with E-state index in [0.29, 0.717) is 11.3 Å². The highest BCUT2D eigenvalue weighted by molar-refractivity contribution is 6.04. The molecule has 3 rings (SSSR count). The highest BCUT2D eigenvalue weighted by Crippen LogP contribution is 2.18. The van der Waals surface area contributed by atoms with Crippen LogP contribution in [0.5, 0.6) is 5.75 Å². The number of anilines is 2. The van der Waals surface area contributed by atoms with Crippen LogP contribution in [0.15, 0.2) is 42.6 Å². The lowest BCUT2D eigenvalue weighted by molar-refractivity contribution is 0.102. The summed E-state index contributed by atoms with van der Waals surface area (Å²) in [6, 6.07) is 10.9. The second-order valence-electron chi connectivity index (χ2n) is 6.15. The van der Waals surface area contributed by atoms with Gasteiger partial charge >= 0.3 is 0 Å². The van der Waals surface area contributed by atoms with E-state index in [2.05, 4.69) is 15.2 Å². The summed E-state index contributed by atoms with van der Waals surface area (Å²) < 4.78 is 10.9. The van der Waals surface area contributed by atoms with Crippen molar-refractivity contribution in [2.45, 2.75) is 20.0 Å². The van der Waals surface area contributed by atoms with Crippen molar-refractivity contribution >= 4 is 17.4 Å². The Hall–Kier alpha value is -2.60. The molecule has 1 fully saturated rings. The maximum absolute atomic E-state index is 12.3. The van der Waals surface area contributed by atoms with Crippen molar-refractivity contribution < 1.29 is 14.3 Å². The summed E-state index contributed by atoms with van der Waals surface area (Å²) >= 11 is 0. The summed E-state index contributed by atoms with van der Waals surface area (Å²) in [7, 11) is 0. The summed E-state index contributed by atoms with van der Waals surface area (Å²) in [4.78, 5) is 18.9. The zero-order valence-electron chi connectivity index (χ0n) is 14.6. The van der Waals surface area contributed by atoms with Crippen molar-refractivity contribution in [3.8, 4) is 5.75 Å². The summed E-state index contributed by atoms with van der Waals surface area (Å²) in [5.41, 5.74) is 1.25. The SMILES string of the molecule is CC(C)Oc1ccc(C(=O)Nc2ccc(N3CCOCC3)nc2)cc1. The Kier molecular flexibility index (Phi) is 5.50. The first-order chi connectivity index (χ1) is 12.1. The fourth-order valence-electron chi connectivity index (χ4n) is 2.60. The van der Waals surface area contributed by atoms with Crippen LogP contribution in [0, 0.1) is 0 Å². The predicted octanol–water partition coefficient (Wildman–Crippen LogP) is 2.96. The van der Waals surface area contributed by atoms with Gasteiger partial charge in [0.25, 0.3) is 5.91 Å². The van der Waals surface area contributed by atoms with Crippen LogP contribution in [0.4, 0.5) is 11.5 Å². The number of amides is 1. The molecule has 2 aromatic rings. The number of benzene rings is 1. The molecule has 1 aliphatic heterocycles. The molecule has 25 heavy (non-hydrogen) atoms. The van der Waals surface area contributed by atoms with E-state index in [1.54, 1.807) is 30.5 Å². The molecule has 6 heteroatoms. The van der Waals surface area contributed by atoms with Gasteiger partial charge in [-0.15, -0.1) is 0 Å². The Bertz CT molecular complexity index is 693. The number of rotatable bonds is 5. The molecule has 1 saturated heterocycles. The topological polar surface area (TPSA) is 63.7 Å². The number of carbonyl (C=O) groups is 1. The molecule has 1 aliphatic rings. The normalized spacial score (nSPS) is 14.4. The van der Waals surface area contributed by atoms with E-state index in [0.717, 1.165) is 37.9 Å². The van der Waals surface area contributed by atoms with E-state index in [-0.39, 0.29) is 12.0 Å². The first-order valence-electron chi connectivity index (χ1n) is 8.48. The number of ether oxygens (including phenoxy) is 2. The number of morpholine rings is 1. The molecule has 1 amide bonds. The van der Waals surface area contributed by atoms with Crippen molar-refractivity contribution in [3.05, 3.63) is 48.2 Å². The molecule has 0 bridgehead atoms. The third-order valence-electron chi connectivity index (χ3n) is 3.83. The first-order valence-corrected chi connectivity index (χ1v) is 8.48. The molecule has 0 radical (unpaired) electrons. The number of carbonyl (C=O) groups excluding carboxylic acids is 1. The molecule has 0 aliphatic carbocycles. The van der Waals surface area contributed by atoms with Crippen molar-refractivity contribution in [3.63, 3.8) is 0 Å². The van der Waals surface area contributed by atoms with E-state index in [1.807, 2.05) is 26.0 Å². The van der Waals surface area contributed by atoms with Gasteiger partial charge in [0.05, 0.1) is 31.2 Å². The molecule has 0 unspecified atom stereocenters. The molecule has 0 spiro atoms. The van der Waals surface area contributed by atoms with Gasteiger partial charge < -0.3 is 19.7 Å². The Labute approximate surface area is 147 Å². The van der Waals surface area contributed by atoms with Crippen LogP contribution in [-0.2, 0) is 4.74 Å². The van der Waals surface area contributed by atoms with Crippen LogP contribution in [0.3, 0.4) is 0 Å². The molecular formula is C19H23N3O3. The van der Waals surface area contributed by atoms with Crippen LogP contribution >= 0.6 is 0 Å². The van der Waals surface area contributed by atoms with Gasteiger partial charge in [-0.1, -0.05) is 0 Å². The van der Waals surface area contributed by atoms with Crippen molar-refractivity contribution in [1.82, 2.24) is 4.98 Å². The number of pyridine rings is 1. The van der Waals surface area contributed by atoms with Crippen LogP contribution in [0.2, 0.25) is 0 Å². The summed E-state index contributed by atoms with van der Waals surface area (Å²) in [5, 5.41) is 2.86. The Morgan fingerprint density at radius 3 is 2.48 bits per heavy atom. The predicted molar refractivity (Wildman–Crippen MR) is 97.4 cm³/mol. The number of nitrogens with one attached hydrogen (secondary N) is 1. The van der Waals surface area contributed by atoms with Gasteiger partial charge in [-0.3, -0.25) is 4.79 Å². The van der Waals surface area contributed by atoms with Gasteiger partial charge in [-0.2, -0.15) is 0 Å². The van der Waals surface area contributed by atoms with Crippen LogP contribution < -0.4 is 15.0 Å². The highest BCUT2D eigenvalue weighted by Gasteiger charge is 2.12. The van der Waals surface area contributed by atoms with Crippen LogP contribution in [0.25, 0.3) is 0 Å². The molecule has 0 atom stereocenters. The lowest BCUT2D eigenvalue weighted by Gasteiger charge is -2.27. The van der Waals surface area contributed by atoms with Crippen molar-refractivity contribution in [1.29, 1.82) is 0 Å². The van der Waals surface area contributed by atoms with Gasteiger partial charge in [0.2, 0.25) is 0 Å². The van der Waals surface area contributed by atoms with Gasteiger partial charge in [0.15, 0.2) is 0 Å². The lowest BCUT2D eigenvalue weighted by Crippen LogP contribution is -2.36. The summed E-state index contributed by atoms with van der Waals surface area (Å²) in [6.07, 6.45) is 1.79. The molecule has 1 aromatic heterocycles. The van der Waals surface area contributed by atoms with E-state index in [1.165, 1.54) is 0 Å². The smallest absolute Gasteiger partial charge is 0.255 e. The maximum atomic E-state index is 12.3. The van der Waals surface area contributed by atoms with E-state index < -0.39 is 0 Å². The summed E-state index contributed by atoms with van der Waals surface area (Å²) in [5.74, 6) is 1.48. The Balaban J connectivity index is 1.60. The fraction of sp³-hybridized carbons (Fsp3) is 0.368. The minimum atomic E-state index is -0.169. The molecule has 1 N–H and O–H groups in total. The third kappa shape index (κ3) is 4.70. The highest BCUT2D eigenvalue weighted by atomic mass is 16.5. The first kappa shape index (κ1) is 17.2. The van der Waals surface area contributed by atoms with Gasteiger partial charge in [0, 0.05) is 18.7 Å². The molecular weight excluding hydrogens is 318 g/mol. The van der Waals surface area contributed by atoms with Crippen LogP contribution in [0.1, 0.15) is 24.2 Å². The second-order valence-corrected chi connectivity index (χ2v) is 6.15. The largest absolute Gasteiger partial charge is 0.491 e. The minimum absolute atomic E-state index is 0.107. The molecule has 132 valence electrons. The van der Waals surface area contributed by atoms with Gasteiger partial charge in [0.1, 0.15) is 11.6 Å². The van der Waals surface area contributed by atoms with E-state index >= 15 is 0 Å². The number of aromatic nitrogens is 1. The van der Waals surface area contributed by atoms with Gasteiger partial charge in [-0.25, -0.2) is 4.98 Å². The number of hydrogen-bond acceptors (Lipinski definition) is 5. The molecule has 6 nitrogen and oxygen atoms in total. The average Bonchev–Trinajstić information content (AvgIpc) is 2.63. The number of hydrogen-bond donors (Lipinski definition) is 1. The van der Waals surface area contributed by atoms with Crippen molar-refractivity contribution in [2.75, 3.05) is 36.5 Å². The quantitative estimate of drug-likeness (QED) is 0.906.